The lowest BCUT2D eigenvalue weighted by atomic mass is 10.1. The predicted octanol–water partition coefficient (Wildman–Crippen LogP) is 3.55. The van der Waals surface area contributed by atoms with E-state index in [9.17, 15) is 0 Å². The molecule has 0 saturated carbocycles. The molecule has 1 heterocycles. The maximum Gasteiger partial charge on any atom is 0.0436 e. The molecular formula is C19H24N2. The van der Waals surface area contributed by atoms with Crippen molar-refractivity contribution in [3.8, 4) is 0 Å². The van der Waals surface area contributed by atoms with Gasteiger partial charge in [-0.25, -0.2) is 0 Å². The number of nitrogens with zero attached hydrogens (tertiary/aromatic N) is 1. The molecule has 0 amide bonds. The number of rotatable bonds is 5. The van der Waals surface area contributed by atoms with Crippen molar-refractivity contribution in [2.75, 3.05) is 6.54 Å². The van der Waals surface area contributed by atoms with Gasteiger partial charge in [-0.3, -0.25) is 4.98 Å². The third kappa shape index (κ3) is 4.15. The van der Waals surface area contributed by atoms with E-state index in [4.69, 9.17) is 0 Å². The van der Waals surface area contributed by atoms with Gasteiger partial charge in [-0.15, -0.1) is 0 Å². The monoisotopic (exact) mass is 280 g/mol. The van der Waals surface area contributed by atoms with Gasteiger partial charge in [-0.05, 0) is 62.3 Å². The lowest BCUT2D eigenvalue weighted by molar-refractivity contribution is 0.458. The van der Waals surface area contributed by atoms with Crippen LogP contribution in [0.25, 0.3) is 0 Å². The van der Waals surface area contributed by atoms with Crippen molar-refractivity contribution in [3.05, 3.63) is 65.5 Å². The average Bonchev–Trinajstić information content (AvgIpc) is 2.75. The first-order valence-electron chi connectivity index (χ1n) is 8.12. The standard InChI is InChI=1S/C19H24N2/c1-2-6-16(7-3-1)8-4-14-20-18-11-10-17-9-5-15-21-19(17)13-12-18/h1-3,5-7,9,15,18,20H,4,8,10-14H2. The summed E-state index contributed by atoms with van der Waals surface area (Å²) in [5, 5.41) is 3.74. The molecule has 0 aliphatic heterocycles. The topological polar surface area (TPSA) is 24.9 Å². The van der Waals surface area contributed by atoms with Crippen LogP contribution in [-0.2, 0) is 19.3 Å². The number of hydrogen-bond acceptors (Lipinski definition) is 2. The summed E-state index contributed by atoms with van der Waals surface area (Å²) in [6.07, 6.45) is 9.05. The second-order valence-electron chi connectivity index (χ2n) is 5.93. The molecule has 1 aliphatic carbocycles. The average molecular weight is 280 g/mol. The summed E-state index contributed by atoms with van der Waals surface area (Å²) in [7, 11) is 0. The maximum atomic E-state index is 4.52. The van der Waals surface area contributed by atoms with Crippen molar-refractivity contribution < 1.29 is 0 Å². The molecule has 1 aromatic heterocycles. The van der Waals surface area contributed by atoms with Crippen molar-refractivity contribution in [2.45, 2.75) is 44.6 Å². The molecule has 0 bridgehead atoms. The summed E-state index contributed by atoms with van der Waals surface area (Å²) < 4.78 is 0. The van der Waals surface area contributed by atoms with Gasteiger partial charge in [0.2, 0.25) is 0 Å². The fourth-order valence-corrected chi connectivity index (χ4v) is 3.16. The van der Waals surface area contributed by atoms with Crippen LogP contribution in [0.3, 0.4) is 0 Å². The van der Waals surface area contributed by atoms with Crippen molar-refractivity contribution >= 4 is 0 Å². The Morgan fingerprint density at radius 3 is 2.76 bits per heavy atom. The van der Waals surface area contributed by atoms with E-state index in [2.05, 4.69) is 52.8 Å². The molecule has 1 atom stereocenters. The summed E-state index contributed by atoms with van der Waals surface area (Å²) >= 11 is 0. The summed E-state index contributed by atoms with van der Waals surface area (Å²) in [6, 6.07) is 15.7. The number of fused-ring (bicyclic) bond motifs is 1. The third-order valence-corrected chi connectivity index (χ3v) is 4.39. The molecule has 1 aliphatic rings. The van der Waals surface area contributed by atoms with E-state index < -0.39 is 0 Å². The van der Waals surface area contributed by atoms with Gasteiger partial charge in [0.05, 0.1) is 0 Å². The Labute approximate surface area is 127 Å². The van der Waals surface area contributed by atoms with E-state index in [1.165, 1.54) is 48.9 Å². The third-order valence-electron chi connectivity index (χ3n) is 4.39. The van der Waals surface area contributed by atoms with Gasteiger partial charge in [-0.2, -0.15) is 0 Å². The number of nitrogens with one attached hydrogen (secondary N) is 1. The van der Waals surface area contributed by atoms with Gasteiger partial charge >= 0.3 is 0 Å². The van der Waals surface area contributed by atoms with E-state index in [-0.39, 0.29) is 0 Å². The van der Waals surface area contributed by atoms with Crippen LogP contribution < -0.4 is 5.32 Å². The highest BCUT2D eigenvalue weighted by atomic mass is 14.9. The fraction of sp³-hybridized carbons (Fsp3) is 0.421. The van der Waals surface area contributed by atoms with Crippen molar-refractivity contribution in [1.29, 1.82) is 0 Å². The zero-order chi connectivity index (χ0) is 14.3. The normalized spacial score (nSPS) is 18.0. The smallest absolute Gasteiger partial charge is 0.0436 e. The van der Waals surface area contributed by atoms with Crippen LogP contribution in [0.15, 0.2) is 48.7 Å². The van der Waals surface area contributed by atoms with Gasteiger partial charge < -0.3 is 5.32 Å². The highest BCUT2D eigenvalue weighted by Gasteiger charge is 2.15. The molecule has 1 aromatic carbocycles. The van der Waals surface area contributed by atoms with Crippen molar-refractivity contribution in [3.63, 3.8) is 0 Å². The minimum Gasteiger partial charge on any atom is -0.314 e. The number of pyridine rings is 1. The van der Waals surface area contributed by atoms with Gasteiger partial charge in [-0.1, -0.05) is 36.4 Å². The molecule has 0 fully saturated rings. The number of aromatic nitrogens is 1. The van der Waals surface area contributed by atoms with Crippen molar-refractivity contribution in [2.24, 2.45) is 0 Å². The minimum atomic E-state index is 0.648. The molecule has 2 heteroatoms. The number of hydrogen-bond donors (Lipinski definition) is 1. The van der Waals surface area contributed by atoms with Gasteiger partial charge in [0.1, 0.15) is 0 Å². The molecule has 2 aromatic rings. The molecule has 0 spiro atoms. The quantitative estimate of drug-likeness (QED) is 0.669. The van der Waals surface area contributed by atoms with Crippen LogP contribution >= 0.6 is 0 Å². The molecule has 3 rings (SSSR count). The Hall–Kier alpha value is -1.67. The second kappa shape index (κ2) is 7.37. The first kappa shape index (κ1) is 14.3. The molecule has 2 nitrogen and oxygen atoms in total. The van der Waals surface area contributed by atoms with Crippen LogP contribution in [0.2, 0.25) is 0 Å². The first-order valence-corrected chi connectivity index (χ1v) is 8.12. The predicted molar refractivity (Wildman–Crippen MR) is 87.4 cm³/mol. The lowest BCUT2D eigenvalue weighted by Gasteiger charge is -2.15. The van der Waals surface area contributed by atoms with Crippen LogP contribution in [0.4, 0.5) is 0 Å². The molecule has 0 radical (unpaired) electrons. The molecule has 21 heavy (non-hydrogen) atoms. The van der Waals surface area contributed by atoms with E-state index in [0.29, 0.717) is 6.04 Å². The molecule has 1 N–H and O–H groups in total. The lowest BCUT2D eigenvalue weighted by Crippen LogP contribution is -2.30. The van der Waals surface area contributed by atoms with Crippen LogP contribution in [0.5, 0.6) is 0 Å². The van der Waals surface area contributed by atoms with Crippen LogP contribution in [0, 0.1) is 0 Å². The van der Waals surface area contributed by atoms with E-state index >= 15 is 0 Å². The minimum absolute atomic E-state index is 0.648. The Balaban J connectivity index is 1.41. The Morgan fingerprint density at radius 2 is 1.86 bits per heavy atom. The molecule has 110 valence electrons. The zero-order valence-corrected chi connectivity index (χ0v) is 12.6. The summed E-state index contributed by atoms with van der Waals surface area (Å²) in [5.41, 5.74) is 4.20. The fourth-order valence-electron chi connectivity index (χ4n) is 3.16. The second-order valence-corrected chi connectivity index (χ2v) is 5.93. The van der Waals surface area contributed by atoms with Crippen molar-refractivity contribution in [1.82, 2.24) is 10.3 Å². The van der Waals surface area contributed by atoms with Gasteiger partial charge in [0.25, 0.3) is 0 Å². The highest BCUT2D eigenvalue weighted by molar-refractivity contribution is 5.21. The Morgan fingerprint density at radius 1 is 1.00 bits per heavy atom. The number of aryl methyl sites for hydroxylation is 3. The molecule has 1 unspecified atom stereocenters. The summed E-state index contributed by atoms with van der Waals surface area (Å²) in [6.45, 7) is 1.11. The first-order chi connectivity index (χ1) is 10.4. The molecular weight excluding hydrogens is 256 g/mol. The van der Waals surface area contributed by atoms with Crippen LogP contribution in [0.1, 0.15) is 36.1 Å². The van der Waals surface area contributed by atoms with Gasteiger partial charge in [0.15, 0.2) is 0 Å². The SMILES string of the molecule is c1ccc(CCCNC2CCc3cccnc3CC2)cc1. The molecule has 0 saturated heterocycles. The largest absolute Gasteiger partial charge is 0.314 e. The maximum absolute atomic E-state index is 4.52. The van der Waals surface area contributed by atoms with E-state index in [0.717, 1.165) is 13.0 Å². The Bertz CT molecular complexity index is 524. The van der Waals surface area contributed by atoms with E-state index in [1.54, 1.807) is 0 Å². The summed E-state index contributed by atoms with van der Waals surface area (Å²) in [5.74, 6) is 0. The number of benzene rings is 1. The van der Waals surface area contributed by atoms with E-state index in [1.807, 2.05) is 6.20 Å². The van der Waals surface area contributed by atoms with Crippen LogP contribution in [-0.4, -0.2) is 17.6 Å². The van der Waals surface area contributed by atoms with Gasteiger partial charge in [0, 0.05) is 17.9 Å². The Kier molecular flexibility index (Phi) is 5.01. The summed E-state index contributed by atoms with van der Waals surface area (Å²) in [4.78, 5) is 4.52. The zero-order valence-electron chi connectivity index (χ0n) is 12.6. The highest BCUT2D eigenvalue weighted by Crippen LogP contribution is 2.18.